The van der Waals surface area contributed by atoms with E-state index in [2.05, 4.69) is 31.9 Å². The van der Waals surface area contributed by atoms with E-state index in [1.807, 2.05) is 70.2 Å². The zero-order chi connectivity index (χ0) is 20.7. The molecule has 0 aromatic heterocycles. The van der Waals surface area contributed by atoms with Gasteiger partial charge in [-0.2, -0.15) is 0 Å². The van der Waals surface area contributed by atoms with Gasteiger partial charge in [0.05, 0.1) is 18.7 Å². The average Bonchev–Trinajstić information content (AvgIpc) is 2.62. The molecule has 0 aliphatic rings. The van der Waals surface area contributed by atoms with Crippen molar-refractivity contribution in [1.29, 1.82) is 0 Å². The fraction of sp³-hybridized carbons (Fsp3) is 0.333. The fourth-order valence-electron chi connectivity index (χ4n) is 2.58. The van der Waals surface area contributed by atoms with Gasteiger partial charge in [-0.15, -0.1) is 0 Å². The lowest BCUT2D eigenvalue weighted by atomic mass is 10.1. The molecule has 0 bridgehead atoms. The number of amides is 3. The number of halogens is 1. The summed E-state index contributed by atoms with van der Waals surface area (Å²) in [6.45, 7) is 7.58. The van der Waals surface area contributed by atoms with E-state index in [1.165, 1.54) is 0 Å². The minimum absolute atomic E-state index is 0.0784. The predicted octanol–water partition coefficient (Wildman–Crippen LogP) is 4.54. The van der Waals surface area contributed by atoms with Gasteiger partial charge < -0.3 is 20.7 Å². The van der Waals surface area contributed by atoms with Crippen LogP contribution in [-0.4, -0.2) is 24.6 Å². The molecule has 3 amide bonds. The molecule has 0 radical (unpaired) electrons. The lowest BCUT2D eigenvalue weighted by Gasteiger charge is -2.17. The molecule has 1 atom stereocenters. The van der Waals surface area contributed by atoms with Crippen LogP contribution in [0, 0.1) is 6.92 Å². The van der Waals surface area contributed by atoms with Crippen LogP contribution in [0.15, 0.2) is 46.9 Å². The van der Waals surface area contributed by atoms with Crippen LogP contribution in [-0.2, 0) is 4.79 Å². The minimum Gasteiger partial charge on any atom is -0.491 e. The Hall–Kier alpha value is -2.54. The van der Waals surface area contributed by atoms with Crippen LogP contribution in [0.2, 0.25) is 0 Å². The van der Waals surface area contributed by atoms with Crippen LogP contribution in [0.3, 0.4) is 0 Å². The summed E-state index contributed by atoms with van der Waals surface area (Å²) < 4.78 is 6.62. The smallest absolute Gasteiger partial charge is 0.315 e. The van der Waals surface area contributed by atoms with Crippen molar-refractivity contribution in [3.05, 3.63) is 58.1 Å². The summed E-state index contributed by atoms with van der Waals surface area (Å²) in [5, 5.41) is 8.19. The Balaban J connectivity index is 1.83. The van der Waals surface area contributed by atoms with Gasteiger partial charge >= 0.3 is 6.03 Å². The Bertz CT molecular complexity index is 839. The third-order valence-electron chi connectivity index (χ3n) is 3.95. The highest BCUT2D eigenvalue weighted by Crippen LogP contribution is 2.21. The molecule has 28 heavy (non-hydrogen) atoms. The Kier molecular flexibility index (Phi) is 7.87. The molecule has 2 aromatic rings. The van der Waals surface area contributed by atoms with Gasteiger partial charge in [0.15, 0.2) is 0 Å². The maximum absolute atomic E-state index is 12.1. The number of carbonyl (C=O) groups is 2. The molecule has 2 rings (SSSR count). The Morgan fingerprint density at radius 3 is 2.54 bits per heavy atom. The minimum atomic E-state index is -0.412. The summed E-state index contributed by atoms with van der Waals surface area (Å²) in [5.41, 5.74) is 2.57. The van der Waals surface area contributed by atoms with Gasteiger partial charge in [-0.1, -0.05) is 28.1 Å². The second-order valence-electron chi connectivity index (χ2n) is 6.80. The van der Waals surface area contributed by atoms with Crippen molar-refractivity contribution < 1.29 is 14.3 Å². The first-order valence-electron chi connectivity index (χ1n) is 9.11. The molecule has 0 saturated heterocycles. The van der Waals surface area contributed by atoms with Gasteiger partial charge in [-0.05, 0) is 69.2 Å². The number of aryl methyl sites for hydroxylation is 1. The van der Waals surface area contributed by atoms with Gasteiger partial charge in [0.1, 0.15) is 5.75 Å². The number of nitrogens with one attached hydrogen (secondary N) is 3. The summed E-state index contributed by atoms with van der Waals surface area (Å²) in [5.74, 6) is 0.464. The number of ether oxygens (including phenoxy) is 1. The molecule has 0 spiro atoms. The standard InChI is InChI=1S/C21H26BrN3O3/c1-13(2)28-18-7-5-6-16(11-18)15(4)24-21(27)23-12-20(26)25-19-9-8-17(22)10-14(19)3/h5-11,13,15H,12H2,1-4H3,(H,25,26)(H2,23,24,27). The molecule has 0 fully saturated rings. The average molecular weight is 448 g/mol. The highest BCUT2D eigenvalue weighted by Gasteiger charge is 2.12. The van der Waals surface area contributed by atoms with Crippen LogP contribution >= 0.6 is 15.9 Å². The van der Waals surface area contributed by atoms with E-state index in [0.29, 0.717) is 5.69 Å². The molecular weight excluding hydrogens is 422 g/mol. The largest absolute Gasteiger partial charge is 0.491 e. The van der Waals surface area contributed by atoms with E-state index < -0.39 is 6.03 Å². The second kappa shape index (κ2) is 10.1. The first-order valence-corrected chi connectivity index (χ1v) is 9.91. The Labute approximate surface area is 174 Å². The highest BCUT2D eigenvalue weighted by molar-refractivity contribution is 9.10. The first-order chi connectivity index (χ1) is 13.2. The van der Waals surface area contributed by atoms with E-state index in [1.54, 1.807) is 0 Å². The maximum Gasteiger partial charge on any atom is 0.315 e. The molecule has 150 valence electrons. The summed E-state index contributed by atoms with van der Waals surface area (Å²) in [4.78, 5) is 24.2. The molecule has 6 nitrogen and oxygen atoms in total. The Morgan fingerprint density at radius 2 is 1.86 bits per heavy atom. The molecular formula is C21H26BrN3O3. The number of benzene rings is 2. The van der Waals surface area contributed by atoms with E-state index in [-0.39, 0.29) is 24.6 Å². The number of rotatable bonds is 7. The maximum atomic E-state index is 12.1. The zero-order valence-electron chi connectivity index (χ0n) is 16.5. The summed E-state index contributed by atoms with van der Waals surface area (Å²) >= 11 is 3.38. The van der Waals surface area contributed by atoms with Crippen molar-refractivity contribution in [2.24, 2.45) is 0 Å². The number of hydrogen-bond donors (Lipinski definition) is 3. The summed E-state index contributed by atoms with van der Waals surface area (Å²) in [6, 6.07) is 12.5. The number of anilines is 1. The third-order valence-corrected chi connectivity index (χ3v) is 4.44. The third kappa shape index (κ3) is 6.88. The van der Waals surface area contributed by atoms with Crippen molar-refractivity contribution in [2.45, 2.75) is 39.8 Å². The quantitative estimate of drug-likeness (QED) is 0.582. The van der Waals surface area contributed by atoms with Crippen LogP contribution in [0.1, 0.15) is 37.9 Å². The first kappa shape index (κ1) is 21.8. The molecule has 0 aliphatic heterocycles. The monoisotopic (exact) mass is 447 g/mol. The van der Waals surface area contributed by atoms with E-state index >= 15 is 0 Å². The number of urea groups is 1. The molecule has 1 unspecified atom stereocenters. The molecule has 2 aromatic carbocycles. The SMILES string of the molecule is Cc1cc(Br)ccc1NC(=O)CNC(=O)NC(C)c1cccc(OC(C)C)c1. The highest BCUT2D eigenvalue weighted by atomic mass is 79.9. The van der Waals surface area contributed by atoms with Crippen molar-refractivity contribution in [1.82, 2.24) is 10.6 Å². The lowest BCUT2D eigenvalue weighted by molar-refractivity contribution is -0.115. The Morgan fingerprint density at radius 1 is 1.11 bits per heavy atom. The molecule has 7 heteroatoms. The van der Waals surface area contributed by atoms with Gasteiger partial charge in [-0.25, -0.2) is 4.79 Å². The normalized spacial score (nSPS) is 11.6. The van der Waals surface area contributed by atoms with Crippen molar-refractivity contribution in [2.75, 3.05) is 11.9 Å². The molecule has 0 saturated carbocycles. The van der Waals surface area contributed by atoms with E-state index in [0.717, 1.165) is 21.3 Å². The van der Waals surface area contributed by atoms with Crippen LogP contribution in [0.25, 0.3) is 0 Å². The van der Waals surface area contributed by atoms with Crippen LogP contribution in [0.5, 0.6) is 5.75 Å². The molecule has 0 aliphatic carbocycles. The van der Waals surface area contributed by atoms with Crippen molar-refractivity contribution in [3.63, 3.8) is 0 Å². The number of carbonyl (C=O) groups excluding carboxylic acids is 2. The van der Waals surface area contributed by atoms with Crippen LogP contribution < -0.4 is 20.7 Å². The molecule has 0 heterocycles. The van der Waals surface area contributed by atoms with Gasteiger partial charge in [0.25, 0.3) is 0 Å². The number of hydrogen-bond acceptors (Lipinski definition) is 3. The van der Waals surface area contributed by atoms with Gasteiger partial charge in [0, 0.05) is 10.2 Å². The van der Waals surface area contributed by atoms with Crippen LogP contribution in [0.4, 0.5) is 10.5 Å². The fourth-order valence-corrected chi connectivity index (χ4v) is 3.06. The summed E-state index contributed by atoms with van der Waals surface area (Å²) in [7, 11) is 0. The van der Waals surface area contributed by atoms with E-state index in [4.69, 9.17) is 4.74 Å². The van der Waals surface area contributed by atoms with E-state index in [9.17, 15) is 9.59 Å². The van der Waals surface area contributed by atoms with Crippen molar-refractivity contribution in [3.8, 4) is 5.75 Å². The predicted molar refractivity (Wildman–Crippen MR) is 115 cm³/mol. The molecule has 3 N–H and O–H groups in total. The zero-order valence-corrected chi connectivity index (χ0v) is 18.1. The lowest BCUT2D eigenvalue weighted by Crippen LogP contribution is -2.41. The van der Waals surface area contributed by atoms with Gasteiger partial charge in [0.2, 0.25) is 5.91 Å². The second-order valence-corrected chi connectivity index (χ2v) is 7.71. The van der Waals surface area contributed by atoms with Gasteiger partial charge in [-0.3, -0.25) is 4.79 Å². The van der Waals surface area contributed by atoms with Crippen molar-refractivity contribution >= 4 is 33.6 Å². The summed E-state index contributed by atoms with van der Waals surface area (Å²) in [6.07, 6.45) is 0.0784. The topological polar surface area (TPSA) is 79.5 Å².